The molecule has 0 amide bonds. The molecular formula is C10H18N4O. The summed E-state index contributed by atoms with van der Waals surface area (Å²) in [6.45, 7) is 4.26. The van der Waals surface area contributed by atoms with Crippen LogP contribution in [0.3, 0.4) is 0 Å². The zero-order valence-corrected chi connectivity index (χ0v) is 9.20. The Morgan fingerprint density at radius 2 is 2.07 bits per heavy atom. The van der Waals surface area contributed by atoms with Crippen molar-refractivity contribution in [2.24, 2.45) is 0 Å². The molecule has 1 atom stereocenters. The molecule has 1 unspecified atom stereocenters. The van der Waals surface area contributed by atoms with Crippen molar-refractivity contribution in [2.75, 3.05) is 17.6 Å². The number of hydrogen-bond donors (Lipinski definition) is 3. The number of nitrogen functional groups attached to an aromatic ring is 1. The maximum Gasteiger partial charge on any atom is 0.222 e. The van der Waals surface area contributed by atoms with Crippen molar-refractivity contribution in [3.63, 3.8) is 0 Å². The van der Waals surface area contributed by atoms with Gasteiger partial charge in [-0.15, -0.1) is 0 Å². The highest BCUT2D eigenvalue weighted by Crippen LogP contribution is 2.12. The van der Waals surface area contributed by atoms with Gasteiger partial charge >= 0.3 is 0 Å². The third-order valence-electron chi connectivity index (χ3n) is 2.09. The van der Waals surface area contributed by atoms with E-state index < -0.39 is 5.60 Å². The number of aromatic nitrogens is 2. The molecule has 84 valence electrons. The first-order chi connectivity index (χ1) is 7.03. The van der Waals surface area contributed by atoms with Crippen LogP contribution in [0.25, 0.3) is 0 Å². The predicted octanol–water partition coefficient (Wildman–Crippen LogP) is 1.02. The van der Waals surface area contributed by atoms with E-state index in [0.29, 0.717) is 18.2 Å². The van der Waals surface area contributed by atoms with Gasteiger partial charge in [-0.2, -0.15) is 0 Å². The first kappa shape index (κ1) is 11.7. The van der Waals surface area contributed by atoms with Crippen LogP contribution in [0.2, 0.25) is 0 Å². The van der Waals surface area contributed by atoms with E-state index in [1.807, 2.05) is 6.92 Å². The van der Waals surface area contributed by atoms with Crippen molar-refractivity contribution < 1.29 is 5.11 Å². The van der Waals surface area contributed by atoms with Gasteiger partial charge in [0.2, 0.25) is 5.95 Å². The Bertz CT molecular complexity index is 297. The van der Waals surface area contributed by atoms with Crippen LogP contribution in [0.5, 0.6) is 0 Å². The fourth-order valence-corrected chi connectivity index (χ4v) is 1.33. The Morgan fingerprint density at radius 1 is 1.47 bits per heavy atom. The molecule has 0 saturated heterocycles. The van der Waals surface area contributed by atoms with E-state index in [2.05, 4.69) is 15.3 Å². The number of nitrogens with zero attached hydrogens (tertiary/aromatic N) is 2. The highest BCUT2D eigenvalue weighted by Gasteiger charge is 2.18. The first-order valence-corrected chi connectivity index (χ1v) is 5.07. The molecule has 1 heterocycles. The summed E-state index contributed by atoms with van der Waals surface area (Å²) in [5.74, 6) is 0.487. The van der Waals surface area contributed by atoms with Crippen molar-refractivity contribution in [3.05, 3.63) is 12.4 Å². The maximum absolute atomic E-state index is 9.89. The molecule has 15 heavy (non-hydrogen) atoms. The molecule has 0 bridgehead atoms. The first-order valence-electron chi connectivity index (χ1n) is 5.07. The Kier molecular flexibility index (Phi) is 3.85. The van der Waals surface area contributed by atoms with Crippen LogP contribution >= 0.6 is 0 Å². The van der Waals surface area contributed by atoms with Crippen molar-refractivity contribution >= 4 is 11.6 Å². The summed E-state index contributed by atoms with van der Waals surface area (Å²) < 4.78 is 0. The van der Waals surface area contributed by atoms with Crippen molar-refractivity contribution in [2.45, 2.75) is 32.3 Å². The molecule has 5 heteroatoms. The van der Waals surface area contributed by atoms with Crippen LogP contribution in [0.15, 0.2) is 12.4 Å². The fraction of sp³-hybridized carbons (Fsp3) is 0.600. The smallest absolute Gasteiger partial charge is 0.222 e. The van der Waals surface area contributed by atoms with Crippen molar-refractivity contribution in [3.8, 4) is 0 Å². The van der Waals surface area contributed by atoms with Crippen LogP contribution in [0.1, 0.15) is 26.7 Å². The minimum atomic E-state index is -0.723. The standard InChI is InChI=1S/C10H18N4O/c1-3-4-10(2,15)7-14-9-12-5-8(11)6-13-9/h5-6,15H,3-4,7,11H2,1-2H3,(H,12,13,14). The largest absolute Gasteiger partial charge is 0.396 e. The van der Waals surface area contributed by atoms with E-state index in [4.69, 9.17) is 5.73 Å². The molecule has 0 fully saturated rings. The third-order valence-corrected chi connectivity index (χ3v) is 2.09. The van der Waals surface area contributed by atoms with Crippen LogP contribution in [-0.2, 0) is 0 Å². The normalized spacial score (nSPS) is 14.6. The van der Waals surface area contributed by atoms with E-state index in [0.717, 1.165) is 12.8 Å². The highest BCUT2D eigenvalue weighted by atomic mass is 16.3. The minimum absolute atomic E-state index is 0.435. The number of anilines is 2. The number of hydrogen-bond acceptors (Lipinski definition) is 5. The summed E-state index contributed by atoms with van der Waals surface area (Å²) >= 11 is 0. The summed E-state index contributed by atoms with van der Waals surface area (Å²) in [7, 11) is 0. The zero-order chi connectivity index (χ0) is 11.3. The summed E-state index contributed by atoms with van der Waals surface area (Å²) in [6, 6.07) is 0. The Hall–Kier alpha value is -1.36. The van der Waals surface area contributed by atoms with E-state index >= 15 is 0 Å². The third kappa shape index (κ3) is 4.12. The monoisotopic (exact) mass is 210 g/mol. The molecule has 1 rings (SSSR count). The molecule has 4 N–H and O–H groups in total. The second-order valence-corrected chi connectivity index (χ2v) is 3.94. The van der Waals surface area contributed by atoms with Crippen LogP contribution in [0, 0.1) is 0 Å². The SMILES string of the molecule is CCCC(C)(O)CNc1ncc(N)cn1. The van der Waals surface area contributed by atoms with E-state index in [1.165, 1.54) is 12.4 Å². The topological polar surface area (TPSA) is 84.1 Å². The van der Waals surface area contributed by atoms with Crippen molar-refractivity contribution in [1.82, 2.24) is 9.97 Å². The molecule has 0 aliphatic rings. The van der Waals surface area contributed by atoms with Gasteiger partial charge in [-0.3, -0.25) is 0 Å². The minimum Gasteiger partial charge on any atom is -0.396 e. The van der Waals surface area contributed by atoms with Gasteiger partial charge in [-0.1, -0.05) is 13.3 Å². The van der Waals surface area contributed by atoms with Gasteiger partial charge in [0, 0.05) is 6.54 Å². The summed E-state index contributed by atoms with van der Waals surface area (Å²) in [5, 5.41) is 12.9. The second-order valence-electron chi connectivity index (χ2n) is 3.94. The van der Waals surface area contributed by atoms with Gasteiger partial charge in [-0.05, 0) is 13.3 Å². The zero-order valence-electron chi connectivity index (χ0n) is 9.20. The maximum atomic E-state index is 9.89. The molecule has 0 spiro atoms. The van der Waals surface area contributed by atoms with Gasteiger partial charge < -0.3 is 16.2 Å². The molecule has 0 aliphatic heterocycles. The van der Waals surface area contributed by atoms with Crippen LogP contribution < -0.4 is 11.1 Å². The number of rotatable bonds is 5. The van der Waals surface area contributed by atoms with E-state index in [-0.39, 0.29) is 0 Å². The lowest BCUT2D eigenvalue weighted by Crippen LogP contribution is -2.33. The Morgan fingerprint density at radius 3 is 2.60 bits per heavy atom. The van der Waals surface area contributed by atoms with Gasteiger partial charge in [0.25, 0.3) is 0 Å². The van der Waals surface area contributed by atoms with Gasteiger partial charge in [-0.25, -0.2) is 9.97 Å². The van der Waals surface area contributed by atoms with Crippen LogP contribution in [0.4, 0.5) is 11.6 Å². The summed E-state index contributed by atoms with van der Waals surface area (Å²) in [5.41, 5.74) is 5.26. The average molecular weight is 210 g/mol. The Labute approximate surface area is 89.7 Å². The summed E-state index contributed by atoms with van der Waals surface area (Å²) in [6.07, 6.45) is 4.75. The Balaban J connectivity index is 2.46. The van der Waals surface area contributed by atoms with Gasteiger partial charge in [0.05, 0.1) is 23.7 Å². The molecule has 1 aromatic rings. The summed E-state index contributed by atoms with van der Waals surface area (Å²) in [4.78, 5) is 7.97. The van der Waals surface area contributed by atoms with E-state index in [9.17, 15) is 5.11 Å². The highest BCUT2D eigenvalue weighted by molar-refractivity contribution is 5.35. The molecule has 0 saturated carbocycles. The quantitative estimate of drug-likeness (QED) is 0.675. The second kappa shape index (κ2) is 4.93. The number of aliphatic hydroxyl groups is 1. The molecule has 0 radical (unpaired) electrons. The van der Waals surface area contributed by atoms with Gasteiger partial charge in [0.1, 0.15) is 0 Å². The van der Waals surface area contributed by atoms with E-state index in [1.54, 1.807) is 6.92 Å². The number of nitrogens with one attached hydrogen (secondary N) is 1. The molecule has 5 nitrogen and oxygen atoms in total. The lowest BCUT2D eigenvalue weighted by molar-refractivity contribution is 0.0635. The molecule has 1 aromatic heterocycles. The average Bonchev–Trinajstić information content (AvgIpc) is 2.17. The lowest BCUT2D eigenvalue weighted by atomic mass is 10.0. The van der Waals surface area contributed by atoms with Crippen molar-refractivity contribution in [1.29, 1.82) is 0 Å². The van der Waals surface area contributed by atoms with Gasteiger partial charge in [0.15, 0.2) is 0 Å². The molecule has 0 aliphatic carbocycles. The van der Waals surface area contributed by atoms with Crippen LogP contribution in [-0.4, -0.2) is 27.2 Å². The predicted molar refractivity (Wildman–Crippen MR) is 60.5 cm³/mol. The molecular weight excluding hydrogens is 192 g/mol. The molecule has 0 aromatic carbocycles. The number of nitrogens with two attached hydrogens (primary N) is 1. The fourth-order valence-electron chi connectivity index (χ4n) is 1.33. The lowest BCUT2D eigenvalue weighted by Gasteiger charge is -2.22.